The Balaban J connectivity index is 1.96. The Morgan fingerprint density at radius 1 is 1.00 bits per heavy atom. The van der Waals surface area contributed by atoms with E-state index in [1.165, 1.54) is 12.1 Å². The second kappa shape index (κ2) is 7.93. The Morgan fingerprint density at radius 2 is 1.77 bits per heavy atom. The molecule has 0 radical (unpaired) electrons. The van der Waals surface area contributed by atoms with Gasteiger partial charge in [-0.1, -0.05) is 30.3 Å². The Bertz CT molecular complexity index is 946. The third-order valence-electron chi connectivity index (χ3n) is 4.03. The summed E-state index contributed by atoms with van der Waals surface area (Å²) in [5.74, 6) is -0.526. The van der Waals surface area contributed by atoms with E-state index in [0.717, 1.165) is 12.0 Å². The number of fused-ring (bicyclic) bond motifs is 1. The minimum absolute atomic E-state index is 0.0344. The molecule has 0 atom stereocenters. The molecule has 1 aromatic heterocycles. The lowest BCUT2D eigenvalue weighted by Crippen LogP contribution is -2.04. The van der Waals surface area contributed by atoms with Gasteiger partial charge in [0, 0.05) is 24.3 Å². The Morgan fingerprint density at radius 3 is 2.50 bits per heavy atom. The largest absolute Gasteiger partial charge is 0.504 e. The molecular weight excluding hydrogens is 336 g/mol. The summed E-state index contributed by atoms with van der Waals surface area (Å²) < 4.78 is 11.1. The SMILES string of the molecule is O=c1cc(-c2ccccc2)oc2cc(O)c(OCCCCCO)c(O)c12. The predicted molar refractivity (Wildman–Crippen MR) is 97.7 cm³/mol. The fraction of sp³-hybridized carbons (Fsp3) is 0.250. The van der Waals surface area contributed by atoms with Crippen LogP contribution < -0.4 is 10.2 Å². The maximum absolute atomic E-state index is 12.5. The molecule has 0 fully saturated rings. The normalized spacial score (nSPS) is 11.0. The fourth-order valence-corrected chi connectivity index (χ4v) is 2.72. The van der Waals surface area contributed by atoms with Crippen LogP contribution in [-0.2, 0) is 0 Å². The number of unbranched alkanes of at least 4 members (excludes halogenated alkanes) is 2. The van der Waals surface area contributed by atoms with E-state index in [-0.39, 0.29) is 35.7 Å². The first-order valence-electron chi connectivity index (χ1n) is 8.43. The zero-order chi connectivity index (χ0) is 18.5. The molecule has 1 heterocycles. The molecule has 0 unspecified atom stereocenters. The molecule has 0 bridgehead atoms. The van der Waals surface area contributed by atoms with Crippen LogP contribution in [0.4, 0.5) is 0 Å². The molecule has 3 N–H and O–H groups in total. The van der Waals surface area contributed by atoms with E-state index in [2.05, 4.69) is 0 Å². The number of hydrogen-bond donors (Lipinski definition) is 3. The lowest BCUT2D eigenvalue weighted by Gasteiger charge is -2.12. The molecule has 0 aliphatic heterocycles. The van der Waals surface area contributed by atoms with Gasteiger partial charge in [-0.25, -0.2) is 0 Å². The van der Waals surface area contributed by atoms with E-state index < -0.39 is 11.2 Å². The number of rotatable bonds is 7. The van der Waals surface area contributed by atoms with E-state index in [1.807, 2.05) is 18.2 Å². The van der Waals surface area contributed by atoms with Crippen molar-refractivity contribution >= 4 is 11.0 Å². The van der Waals surface area contributed by atoms with E-state index in [1.54, 1.807) is 12.1 Å². The minimum Gasteiger partial charge on any atom is -0.504 e. The van der Waals surface area contributed by atoms with Crippen LogP contribution in [-0.4, -0.2) is 28.5 Å². The van der Waals surface area contributed by atoms with Crippen molar-refractivity contribution in [1.29, 1.82) is 0 Å². The van der Waals surface area contributed by atoms with E-state index in [4.69, 9.17) is 14.3 Å². The second-order valence-electron chi connectivity index (χ2n) is 5.92. The van der Waals surface area contributed by atoms with Gasteiger partial charge in [0.1, 0.15) is 16.7 Å². The van der Waals surface area contributed by atoms with Gasteiger partial charge in [-0.3, -0.25) is 4.79 Å². The third-order valence-corrected chi connectivity index (χ3v) is 4.03. The molecule has 6 heteroatoms. The molecule has 26 heavy (non-hydrogen) atoms. The van der Waals surface area contributed by atoms with Crippen LogP contribution in [0.5, 0.6) is 17.2 Å². The zero-order valence-electron chi connectivity index (χ0n) is 14.1. The lowest BCUT2D eigenvalue weighted by atomic mass is 10.1. The lowest BCUT2D eigenvalue weighted by molar-refractivity contribution is 0.255. The van der Waals surface area contributed by atoms with Crippen LogP contribution in [0.25, 0.3) is 22.3 Å². The van der Waals surface area contributed by atoms with Gasteiger partial charge in [0.15, 0.2) is 16.9 Å². The van der Waals surface area contributed by atoms with E-state index in [0.29, 0.717) is 18.6 Å². The average Bonchev–Trinajstić information content (AvgIpc) is 2.64. The third kappa shape index (κ3) is 3.65. The van der Waals surface area contributed by atoms with Gasteiger partial charge in [-0.05, 0) is 19.3 Å². The van der Waals surface area contributed by atoms with Crippen LogP contribution in [0.2, 0.25) is 0 Å². The molecule has 136 valence electrons. The number of aliphatic hydroxyl groups excluding tert-OH is 1. The first kappa shape index (κ1) is 17.8. The van der Waals surface area contributed by atoms with Gasteiger partial charge in [-0.15, -0.1) is 0 Å². The van der Waals surface area contributed by atoms with Crippen molar-refractivity contribution in [3.05, 3.63) is 52.7 Å². The van der Waals surface area contributed by atoms with E-state index in [9.17, 15) is 15.0 Å². The number of aromatic hydroxyl groups is 2. The fourth-order valence-electron chi connectivity index (χ4n) is 2.72. The van der Waals surface area contributed by atoms with Gasteiger partial charge >= 0.3 is 0 Å². The monoisotopic (exact) mass is 356 g/mol. The van der Waals surface area contributed by atoms with Gasteiger partial charge in [0.05, 0.1) is 6.61 Å². The molecule has 0 spiro atoms. The summed E-state index contributed by atoms with van der Waals surface area (Å²) in [5.41, 5.74) is 0.376. The highest BCUT2D eigenvalue weighted by molar-refractivity contribution is 5.89. The molecule has 3 rings (SSSR count). The molecule has 0 saturated heterocycles. The molecular formula is C20H20O6. The molecule has 0 amide bonds. The first-order valence-corrected chi connectivity index (χ1v) is 8.43. The Kier molecular flexibility index (Phi) is 5.43. The molecule has 0 aliphatic carbocycles. The maximum Gasteiger partial charge on any atom is 0.204 e. The summed E-state index contributed by atoms with van der Waals surface area (Å²) in [5, 5.41) is 29.3. The van der Waals surface area contributed by atoms with Crippen molar-refractivity contribution in [2.45, 2.75) is 19.3 Å². The standard InChI is InChI=1S/C20H20O6/c21-9-5-2-6-10-25-20-15(23)12-17-18(19(20)24)14(22)11-16(26-17)13-7-3-1-4-8-13/h1,3-4,7-8,11-12,21,23-24H,2,5-6,9-10H2. The molecule has 2 aromatic carbocycles. The Labute approximate surface area is 149 Å². The summed E-state index contributed by atoms with van der Waals surface area (Å²) in [6.07, 6.45) is 2.07. The quantitative estimate of drug-likeness (QED) is 0.561. The zero-order valence-corrected chi connectivity index (χ0v) is 14.1. The smallest absolute Gasteiger partial charge is 0.204 e. The van der Waals surface area contributed by atoms with Crippen molar-refractivity contribution in [3.8, 4) is 28.6 Å². The van der Waals surface area contributed by atoms with E-state index >= 15 is 0 Å². The van der Waals surface area contributed by atoms with Crippen LogP contribution in [0.15, 0.2) is 51.7 Å². The highest BCUT2D eigenvalue weighted by Crippen LogP contribution is 2.41. The highest BCUT2D eigenvalue weighted by Gasteiger charge is 2.19. The first-order chi connectivity index (χ1) is 12.6. The molecule has 0 saturated carbocycles. The summed E-state index contributed by atoms with van der Waals surface area (Å²) in [7, 11) is 0. The van der Waals surface area contributed by atoms with Crippen molar-refractivity contribution in [2.24, 2.45) is 0 Å². The summed E-state index contributed by atoms with van der Waals surface area (Å²) >= 11 is 0. The summed E-state index contributed by atoms with van der Waals surface area (Å²) in [4.78, 5) is 12.5. The number of hydrogen-bond acceptors (Lipinski definition) is 6. The van der Waals surface area contributed by atoms with Gasteiger partial charge in [0.2, 0.25) is 5.75 Å². The number of phenols is 2. The van der Waals surface area contributed by atoms with Crippen molar-refractivity contribution in [1.82, 2.24) is 0 Å². The van der Waals surface area contributed by atoms with Crippen LogP contribution in [0.3, 0.4) is 0 Å². The number of benzene rings is 2. The summed E-state index contributed by atoms with van der Waals surface area (Å²) in [6, 6.07) is 11.7. The second-order valence-corrected chi connectivity index (χ2v) is 5.92. The average molecular weight is 356 g/mol. The number of aliphatic hydroxyl groups is 1. The van der Waals surface area contributed by atoms with Crippen molar-refractivity contribution < 1.29 is 24.5 Å². The van der Waals surface area contributed by atoms with Crippen LogP contribution >= 0.6 is 0 Å². The molecule has 3 aromatic rings. The number of phenolic OH excluding ortho intramolecular Hbond substituents is 2. The molecule has 0 aliphatic rings. The van der Waals surface area contributed by atoms with Crippen LogP contribution in [0, 0.1) is 0 Å². The van der Waals surface area contributed by atoms with Crippen LogP contribution in [0.1, 0.15) is 19.3 Å². The molecule has 6 nitrogen and oxygen atoms in total. The number of ether oxygens (including phenoxy) is 1. The van der Waals surface area contributed by atoms with Crippen molar-refractivity contribution in [2.75, 3.05) is 13.2 Å². The summed E-state index contributed by atoms with van der Waals surface area (Å²) in [6.45, 7) is 0.358. The highest BCUT2D eigenvalue weighted by atomic mass is 16.5. The maximum atomic E-state index is 12.5. The topological polar surface area (TPSA) is 100 Å². The van der Waals surface area contributed by atoms with Gasteiger partial charge in [0.25, 0.3) is 0 Å². The minimum atomic E-state index is -0.435. The van der Waals surface area contributed by atoms with Gasteiger partial charge in [-0.2, -0.15) is 0 Å². The van der Waals surface area contributed by atoms with Crippen molar-refractivity contribution in [3.63, 3.8) is 0 Å². The van der Waals surface area contributed by atoms with Gasteiger partial charge < -0.3 is 24.5 Å². The predicted octanol–water partition coefficient (Wildman–Crippen LogP) is 3.41. The Hall–Kier alpha value is -2.99.